The van der Waals surface area contributed by atoms with Gasteiger partial charge in [0.15, 0.2) is 0 Å². The van der Waals surface area contributed by atoms with E-state index < -0.39 is 5.97 Å². The van der Waals surface area contributed by atoms with Gasteiger partial charge in [-0.2, -0.15) is 0 Å². The maximum absolute atomic E-state index is 11.1. The maximum Gasteiger partial charge on any atom is 0.303 e. The van der Waals surface area contributed by atoms with Crippen LogP contribution in [0.5, 0.6) is 0 Å². The summed E-state index contributed by atoms with van der Waals surface area (Å²) >= 11 is 0. The summed E-state index contributed by atoms with van der Waals surface area (Å²) in [6.07, 6.45) is 7.01. The second kappa shape index (κ2) is 6.37. The quantitative estimate of drug-likeness (QED) is 0.826. The van der Waals surface area contributed by atoms with Crippen molar-refractivity contribution in [1.82, 2.24) is 10.2 Å². The van der Waals surface area contributed by atoms with Crippen LogP contribution in [0.4, 0.5) is 0 Å². The maximum atomic E-state index is 11.1. The highest BCUT2D eigenvalue weighted by molar-refractivity contribution is 5.67. The molecule has 0 aliphatic heterocycles. The van der Waals surface area contributed by atoms with Crippen LogP contribution in [0.25, 0.3) is 0 Å². The van der Waals surface area contributed by atoms with Gasteiger partial charge in [-0.25, -0.2) is 0 Å². The molecule has 1 unspecified atom stereocenters. The molecule has 0 radical (unpaired) electrons. The number of nitrogens with zero attached hydrogens (tertiary/aromatic N) is 2. The summed E-state index contributed by atoms with van der Waals surface area (Å²) in [4.78, 5) is 11.1. The fourth-order valence-electron chi connectivity index (χ4n) is 3.28. The van der Waals surface area contributed by atoms with Gasteiger partial charge in [0.2, 0.25) is 11.8 Å². The highest BCUT2D eigenvalue weighted by Gasteiger charge is 2.37. The van der Waals surface area contributed by atoms with Crippen LogP contribution < -0.4 is 0 Å². The lowest BCUT2D eigenvalue weighted by molar-refractivity contribution is -0.139. The van der Waals surface area contributed by atoms with Crippen LogP contribution in [0, 0.1) is 5.41 Å². The number of carboxylic acids is 1. The predicted molar refractivity (Wildman–Crippen MR) is 74.5 cm³/mol. The molecule has 5 heteroatoms. The van der Waals surface area contributed by atoms with E-state index in [0.717, 1.165) is 38.5 Å². The highest BCUT2D eigenvalue weighted by atomic mass is 16.4. The van der Waals surface area contributed by atoms with Crippen LogP contribution in [-0.2, 0) is 11.2 Å². The van der Waals surface area contributed by atoms with E-state index >= 15 is 0 Å². The number of carboxylic acid groups (broad SMARTS) is 1. The molecule has 1 aliphatic rings. The molecule has 0 bridgehead atoms. The molecule has 0 saturated heterocycles. The second-order valence-electron chi connectivity index (χ2n) is 6.18. The summed E-state index contributed by atoms with van der Waals surface area (Å²) in [5, 5.41) is 17.4. The van der Waals surface area contributed by atoms with Gasteiger partial charge in [0, 0.05) is 12.3 Å². The lowest BCUT2D eigenvalue weighted by Gasteiger charge is -2.24. The van der Waals surface area contributed by atoms with Gasteiger partial charge in [-0.15, -0.1) is 10.2 Å². The lowest BCUT2D eigenvalue weighted by Crippen LogP contribution is -2.24. The first kappa shape index (κ1) is 15.0. The van der Waals surface area contributed by atoms with Gasteiger partial charge in [0.1, 0.15) is 0 Å². The van der Waals surface area contributed by atoms with Crippen LogP contribution >= 0.6 is 0 Å². The lowest BCUT2D eigenvalue weighted by atomic mass is 9.79. The molecular weight excluding hydrogens is 256 g/mol. The third-order valence-corrected chi connectivity index (χ3v) is 4.34. The van der Waals surface area contributed by atoms with E-state index in [1.807, 2.05) is 0 Å². The second-order valence-corrected chi connectivity index (χ2v) is 6.18. The monoisotopic (exact) mass is 280 g/mol. The molecular formula is C15H24N2O3. The zero-order valence-corrected chi connectivity index (χ0v) is 12.4. The van der Waals surface area contributed by atoms with Gasteiger partial charge in [-0.3, -0.25) is 4.79 Å². The topological polar surface area (TPSA) is 76.2 Å². The standard InChI is InChI=1S/C15H24N2O3/c1-3-6-11(2)14-17-16-12(20-14)9-15(10-13(18)19)7-4-5-8-15/h11H,3-10H2,1-2H3,(H,18,19). The third kappa shape index (κ3) is 3.58. The molecule has 1 aromatic rings. The van der Waals surface area contributed by atoms with Crippen molar-refractivity contribution in [2.24, 2.45) is 5.41 Å². The van der Waals surface area contributed by atoms with E-state index in [1.165, 1.54) is 0 Å². The number of aliphatic carboxylic acids is 1. The van der Waals surface area contributed by atoms with Crippen molar-refractivity contribution in [2.75, 3.05) is 0 Å². The molecule has 1 N–H and O–H groups in total. The summed E-state index contributed by atoms with van der Waals surface area (Å²) in [5.74, 6) is 0.836. The average Bonchev–Trinajstić information content (AvgIpc) is 2.99. The third-order valence-electron chi connectivity index (χ3n) is 4.34. The predicted octanol–water partition coefficient (Wildman–Crippen LogP) is 3.55. The van der Waals surface area contributed by atoms with E-state index in [4.69, 9.17) is 9.52 Å². The van der Waals surface area contributed by atoms with Gasteiger partial charge >= 0.3 is 5.97 Å². The summed E-state index contributed by atoms with van der Waals surface area (Å²) < 4.78 is 5.75. The number of hydrogen-bond acceptors (Lipinski definition) is 4. The van der Waals surface area contributed by atoms with Crippen molar-refractivity contribution < 1.29 is 14.3 Å². The minimum atomic E-state index is -0.731. The Bertz CT molecular complexity index is 450. The Morgan fingerprint density at radius 1 is 1.40 bits per heavy atom. The van der Waals surface area contributed by atoms with Crippen molar-refractivity contribution in [3.8, 4) is 0 Å². The van der Waals surface area contributed by atoms with Crippen molar-refractivity contribution in [3.63, 3.8) is 0 Å². The Morgan fingerprint density at radius 3 is 2.70 bits per heavy atom. The van der Waals surface area contributed by atoms with Gasteiger partial charge in [-0.1, -0.05) is 33.1 Å². The zero-order chi connectivity index (χ0) is 14.6. The Balaban J connectivity index is 2.06. The Labute approximate surface area is 119 Å². The molecule has 112 valence electrons. The number of rotatable bonds is 7. The minimum absolute atomic E-state index is 0.177. The first-order valence-corrected chi connectivity index (χ1v) is 7.59. The van der Waals surface area contributed by atoms with E-state index in [1.54, 1.807) is 0 Å². The van der Waals surface area contributed by atoms with Crippen LogP contribution in [0.2, 0.25) is 0 Å². The number of hydrogen-bond donors (Lipinski definition) is 1. The van der Waals surface area contributed by atoms with E-state index in [0.29, 0.717) is 18.2 Å². The van der Waals surface area contributed by atoms with Gasteiger partial charge < -0.3 is 9.52 Å². The number of aromatic nitrogens is 2. The molecule has 20 heavy (non-hydrogen) atoms. The van der Waals surface area contributed by atoms with Crippen LogP contribution in [-0.4, -0.2) is 21.3 Å². The zero-order valence-electron chi connectivity index (χ0n) is 12.4. The molecule has 1 aliphatic carbocycles. The molecule has 1 aromatic heterocycles. The van der Waals surface area contributed by atoms with Crippen LogP contribution in [0.3, 0.4) is 0 Å². The average molecular weight is 280 g/mol. The smallest absolute Gasteiger partial charge is 0.303 e. The van der Waals surface area contributed by atoms with Gasteiger partial charge in [-0.05, 0) is 24.7 Å². The van der Waals surface area contributed by atoms with E-state index in [9.17, 15) is 4.79 Å². The minimum Gasteiger partial charge on any atom is -0.481 e. The summed E-state index contributed by atoms with van der Waals surface area (Å²) in [6.45, 7) is 4.22. The van der Waals surface area contributed by atoms with Crippen molar-refractivity contribution in [3.05, 3.63) is 11.8 Å². The largest absolute Gasteiger partial charge is 0.481 e. The molecule has 1 fully saturated rings. The Morgan fingerprint density at radius 2 is 2.10 bits per heavy atom. The van der Waals surface area contributed by atoms with E-state index in [-0.39, 0.29) is 17.8 Å². The van der Waals surface area contributed by atoms with Crippen molar-refractivity contribution in [2.45, 2.75) is 71.1 Å². The van der Waals surface area contributed by atoms with Gasteiger partial charge in [0.25, 0.3) is 0 Å². The SMILES string of the molecule is CCCC(C)c1nnc(CC2(CC(=O)O)CCCC2)o1. The molecule has 1 heterocycles. The fraction of sp³-hybridized carbons (Fsp3) is 0.800. The fourth-order valence-corrected chi connectivity index (χ4v) is 3.28. The molecule has 0 amide bonds. The van der Waals surface area contributed by atoms with Crippen LogP contribution in [0.1, 0.15) is 76.5 Å². The first-order valence-electron chi connectivity index (χ1n) is 7.59. The van der Waals surface area contributed by atoms with Crippen molar-refractivity contribution in [1.29, 1.82) is 0 Å². The summed E-state index contributed by atoms with van der Waals surface area (Å²) in [6, 6.07) is 0. The Kier molecular flexibility index (Phi) is 4.78. The molecule has 1 atom stereocenters. The molecule has 5 nitrogen and oxygen atoms in total. The molecule has 0 aromatic carbocycles. The summed E-state index contributed by atoms with van der Waals surface area (Å²) in [7, 11) is 0. The highest BCUT2D eigenvalue weighted by Crippen LogP contribution is 2.43. The molecule has 2 rings (SSSR count). The van der Waals surface area contributed by atoms with Crippen molar-refractivity contribution >= 4 is 5.97 Å². The van der Waals surface area contributed by atoms with Gasteiger partial charge in [0.05, 0.1) is 6.42 Å². The molecule has 1 saturated carbocycles. The summed E-state index contributed by atoms with van der Waals surface area (Å²) in [5.41, 5.74) is -0.177. The van der Waals surface area contributed by atoms with Crippen LogP contribution in [0.15, 0.2) is 4.42 Å². The Hall–Kier alpha value is -1.39. The normalized spacial score (nSPS) is 19.1. The molecule has 0 spiro atoms. The van der Waals surface area contributed by atoms with E-state index in [2.05, 4.69) is 24.0 Å². The number of carbonyl (C=O) groups is 1. The first-order chi connectivity index (χ1) is 9.54.